The van der Waals surface area contributed by atoms with Crippen LogP contribution < -0.4 is 4.74 Å². The third-order valence-electron chi connectivity index (χ3n) is 3.86. The number of nitrogens with zero attached hydrogens (tertiary/aromatic N) is 1. The van der Waals surface area contributed by atoms with Crippen LogP contribution >= 0.6 is 0 Å². The van der Waals surface area contributed by atoms with E-state index in [4.69, 9.17) is 9.47 Å². The van der Waals surface area contributed by atoms with Crippen LogP contribution in [0.2, 0.25) is 0 Å². The van der Waals surface area contributed by atoms with Crippen molar-refractivity contribution in [2.75, 3.05) is 6.61 Å². The molecule has 0 radical (unpaired) electrons. The van der Waals surface area contributed by atoms with Crippen molar-refractivity contribution in [1.29, 1.82) is 0 Å². The maximum atomic E-state index is 12.1. The molecule has 24 heavy (non-hydrogen) atoms. The molecule has 4 nitrogen and oxygen atoms in total. The van der Waals surface area contributed by atoms with E-state index in [1.54, 1.807) is 6.08 Å². The van der Waals surface area contributed by atoms with Crippen molar-refractivity contribution in [3.8, 4) is 5.75 Å². The maximum absolute atomic E-state index is 12.1. The van der Waals surface area contributed by atoms with Crippen molar-refractivity contribution in [3.05, 3.63) is 82.6 Å². The second-order valence-corrected chi connectivity index (χ2v) is 5.75. The molecule has 0 aliphatic carbocycles. The van der Waals surface area contributed by atoms with Gasteiger partial charge in [0.15, 0.2) is 5.70 Å². The molecule has 0 unspecified atom stereocenters. The first kappa shape index (κ1) is 14.5. The van der Waals surface area contributed by atoms with E-state index >= 15 is 0 Å². The van der Waals surface area contributed by atoms with Crippen LogP contribution in [0.15, 0.2) is 70.9 Å². The van der Waals surface area contributed by atoms with Gasteiger partial charge in [-0.3, -0.25) is 0 Å². The van der Waals surface area contributed by atoms with Crippen LogP contribution in [0.25, 0.3) is 6.08 Å². The van der Waals surface area contributed by atoms with E-state index in [0.717, 1.165) is 28.0 Å². The van der Waals surface area contributed by atoms with Crippen LogP contribution in [0.4, 0.5) is 0 Å². The standard InChI is InChI=1S/C20H15NO3/c1-13-5-4-7-16(9-13)19-21-17(20(22)24-19)11-14-10-15-6-2-3-8-18(15)23-12-14/h2-11H,12H2,1H3. The number of aliphatic imine (C=N–C) groups is 1. The number of esters is 1. The maximum Gasteiger partial charge on any atom is 0.363 e. The van der Waals surface area contributed by atoms with Crippen molar-refractivity contribution >= 4 is 17.9 Å². The highest BCUT2D eigenvalue weighted by Crippen LogP contribution is 2.27. The number of carbonyl (C=O) groups excluding carboxylic acids is 1. The summed E-state index contributed by atoms with van der Waals surface area (Å²) in [4.78, 5) is 16.4. The quantitative estimate of drug-likeness (QED) is 0.627. The van der Waals surface area contributed by atoms with Crippen LogP contribution in [0.3, 0.4) is 0 Å². The molecule has 0 spiro atoms. The SMILES string of the molecule is Cc1cccc(C2=NC(=CC3=Cc4ccccc4OC3)C(=O)O2)c1. The number of carbonyl (C=O) groups is 1. The Labute approximate surface area is 139 Å². The lowest BCUT2D eigenvalue weighted by atomic mass is 10.1. The Morgan fingerprint density at radius 2 is 2.00 bits per heavy atom. The smallest absolute Gasteiger partial charge is 0.363 e. The molecule has 4 heteroatoms. The fraction of sp³-hybridized carbons (Fsp3) is 0.100. The average Bonchev–Trinajstić information content (AvgIpc) is 2.96. The number of aryl methyl sites for hydroxylation is 1. The van der Waals surface area contributed by atoms with Gasteiger partial charge < -0.3 is 9.47 Å². The summed E-state index contributed by atoms with van der Waals surface area (Å²) in [7, 11) is 0. The van der Waals surface area contributed by atoms with E-state index in [1.807, 2.05) is 61.5 Å². The number of rotatable bonds is 2. The molecule has 0 bridgehead atoms. The molecule has 2 aliphatic rings. The van der Waals surface area contributed by atoms with Crippen molar-refractivity contribution in [1.82, 2.24) is 0 Å². The molecule has 2 aliphatic heterocycles. The van der Waals surface area contributed by atoms with Crippen molar-refractivity contribution in [2.45, 2.75) is 6.92 Å². The van der Waals surface area contributed by atoms with Crippen molar-refractivity contribution in [3.63, 3.8) is 0 Å². The molecule has 0 saturated carbocycles. The number of para-hydroxylation sites is 1. The minimum Gasteiger partial charge on any atom is -0.488 e. The van der Waals surface area contributed by atoms with Gasteiger partial charge in [-0.15, -0.1) is 0 Å². The van der Waals surface area contributed by atoms with Crippen molar-refractivity contribution < 1.29 is 14.3 Å². The molecule has 0 aromatic heterocycles. The van der Waals surface area contributed by atoms with Gasteiger partial charge >= 0.3 is 5.97 Å². The van der Waals surface area contributed by atoms with Crippen LogP contribution in [0, 0.1) is 6.92 Å². The highest BCUT2D eigenvalue weighted by molar-refractivity contribution is 6.11. The van der Waals surface area contributed by atoms with E-state index in [2.05, 4.69) is 4.99 Å². The van der Waals surface area contributed by atoms with E-state index in [9.17, 15) is 4.79 Å². The van der Waals surface area contributed by atoms with Gasteiger partial charge in [-0.2, -0.15) is 0 Å². The van der Waals surface area contributed by atoms with Gasteiger partial charge in [0.2, 0.25) is 5.90 Å². The minimum atomic E-state index is -0.439. The molecule has 0 atom stereocenters. The first-order valence-electron chi connectivity index (χ1n) is 7.71. The number of benzene rings is 2. The Balaban J connectivity index is 1.66. The number of cyclic esters (lactones) is 1. The molecule has 0 amide bonds. The van der Waals surface area contributed by atoms with E-state index in [-0.39, 0.29) is 0 Å². The molecule has 4 rings (SSSR count). The normalized spacial score (nSPS) is 17.7. The van der Waals surface area contributed by atoms with Crippen LogP contribution in [-0.4, -0.2) is 18.5 Å². The fourth-order valence-electron chi connectivity index (χ4n) is 2.70. The highest BCUT2D eigenvalue weighted by atomic mass is 16.6. The largest absolute Gasteiger partial charge is 0.488 e. The second kappa shape index (κ2) is 5.81. The lowest BCUT2D eigenvalue weighted by Gasteiger charge is -2.15. The van der Waals surface area contributed by atoms with Gasteiger partial charge in [0.05, 0.1) is 0 Å². The van der Waals surface area contributed by atoms with Gasteiger partial charge in [-0.1, -0.05) is 35.9 Å². The zero-order chi connectivity index (χ0) is 16.5. The summed E-state index contributed by atoms with van der Waals surface area (Å²) in [6.07, 6.45) is 3.72. The topological polar surface area (TPSA) is 47.9 Å². The average molecular weight is 317 g/mol. The number of ether oxygens (including phenoxy) is 2. The molecule has 2 aromatic rings. The van der Waals surface area contributed by atoms with Gasteiger partial charge in [-0.25, -0.2) is 9.79 Å². The molecule has 0 saturated heterocycles. The highest BCUT2D eigenvalue weighted by Gasteiger charge is 2.25. The third-order valence-corrected chi connectivity index (χ3v) is 3.86. The number of hydrogen-bond donors (Lipinski definition) is 0. The van der Waals surface area contributed by atoms with Crippen molar-refractivity contribution in [2.24, 2.45) is 4.99 Å². The monoisotopic (exact) mass is 317 g/mol. The third kappa shape index (κ3) is 2.74. The molecule has 118 valence electrons. The molecular weight excluding hydrogens is 302 g/mol. The summed E-state index contributed by atoms with van der Waals surface area (Å²) in [5, 5.41) is 0. The Morgan fingerprint density at radius 1 is 1.12 bits per heavy atom. The minimum absolute atomic E-state index is 0.292. The molecule has 2 heterocycles. The van der Waals surface area contributed by atoms with Crippen LogP contribution in [-0.2, 0) is 9.53 Å². The molecular formula is C20H15NO3. The van der Waals surface area contributed by atoms with E-state index in [1.165, 1.54) is 0 Å². The second-order valence-electron chi connectivity index (χ2n) is 5.75. The van der Waals surface area contributed by atoms with Crippen LogP contribution in [0.5, 0.6) is 5.75 Å². The predicted molar refractivity (Wildman–Crippen MR) is 91.8 cm³/mol. The number of fused-ring (bicyclic) bond motifs is 1. The first-order chi connectivity index (χ1) is 11.7. The van der Waals surface area contributed by atoms with Gasteiger partial charge in [0, 0.05) is 11.1 Å². The van der Waals surface area contributed by atoms with Crippen LogP contribution in [0.1, 0.15) is 16.7 Å². The summed E-state index contributed by atoms with van der Waals surface area (Å²) in [5.74, 6) is 0.747. The Bertz CT molecular complexity index is 922. The lowest BCUT2D eigenvalue weighted by Crippen LogP contribution is -2.08. The fourth-order valence-corrected chi connectivity index (χ4v) is 2.70. The Hall–Kier alpha value is -3.14. The summed E-state index contributed by atoms with van der Waals surface area (Å²) in [6, 6.07) is 15.5. The number of hydrogen-bond acceptors (Lipinski definition) is 4. The van der Waals surface area contributed by atoms with E-state index in [0.29, 0.717) is 18.2 Å². The van der Waals surface area contributed by atoms with E-state index < -0.39 is 5.97 Å². The Morgan fingerprint density at radius 3 is 2.88 bits per heavy atom. The summed E-state index contributed by atoms with van der Waals surface area (Å²) in [5.41, 5.74) is 4.05. The summed E-state index contributed by atoms with van der Waals surface area (Å²) >= 11 is 0. The van der Waals surface area contributed by atoms with Gasteiger partial charge in [0.25, 0.3) is 0 Å². The Kier molecular flexibility index (Phi) is 3.50. The lowest BCUT2D eigenvalue weighted by molar-refractivity contribution is -0.130. The predicted octanol–water partition coefficient (Wildman–Crippen LogP) is 3.66. The zero-order valence-corrected chi connectivity index (χ0v) is 13.2. The molecule has 0 N–H and O–H groups in total. The molecule has 0 fully saturated rings. The molecule has 2 aromatic carbocycles. The summed E-state index contributed by atoms with van der Waals surface area (Å²) in [6.45, 7) is 2.39. The zero-order valence-electron chi connectivity index (χ0n) is 13.2. The first-order valence-corrected chi connectivity index (χ1v) is 7.71. The van der Waals surface area contributed by atoms with Gasteiger partial charge in [0.1, 0.15) is 12.4 Å². The summed E-state index contributed by atoms with van der Waals surface area (Å²) < 4.78 is 11.0. The van der Waals surface area contributed by atoms with Gasteiger partial charge in [-0.05, 0) is 42.8 Å².